The number of rotatable bonds is 2. The minimum Gasteiger partial charge on any atom is -0.504 e. The molecule has 0 atom stereocenters. The SMILES string of the molecule is COc1cc(-c2ccccc2)c(C(C)(C)C)c(O)c1O. The predicted octanol–water partition coefficient (Wildman–Crippen LogP) is 4.07. The fourth-order valence-electron chi connectivity index (χ4n) is 2.39. The number of phenols is 2. The van der Waals surface area contributed by atoms with E-state index < -0.39 is 0 Å². The number of aromatic hydroxyl groups is 2. The lowest BCUT2D eigenvalue weighted by Gasteiger charge is -2.25. The van der Waals surface area contributed by atoms with Crippen molar-refractivity contribution < 1.29 is 14.9 Å². The molecule has 0 radical (unpaired) electrons. The molecule has 0 fully saturated rings. The minimum atomic E-state index is -0.307. The first-order valence-electron chi connectivity index (χ1n) is 6.55. The van der Waals surface area contributed by atoms with Gasteiger partial charge in [-0.2, -0.15) is 0 Å². The van der Waals surface area contributed by atoms with Crippen LogP contribution in [0, 0.1) is 0 Å². The van der Waals surface area contributed by atoms with Gasteiger partial charge < -0.3 is 14.9 Å². The molecule has 2 N–H and O–H groups in total. The Kier molecular flexibility index (Phi) is 3.62. The molecule has 3 nitrogen and oxygen atoms in total. The van der Waals surface area contributed by atoms with Crippen molar-refractivity contribution in [2.45, 2.75) is 26.2 Å². The fraction of sp³-hybridized carbons (Fsp3) is 0.294. The van der Waals surface area contributed by atoms with Crippen LogP contribution in [0.2, 0.25) is 0 Å². The summed E-state index contributed by atoms with van der Waals surface area (Å²) >= 11 is 0. The number of benzene rings is 2. The van der Waals surface area contributed by atoms with E-state index in [0.29, 0.717) is 5.56 Å². The van der Waals surface area contributed by atoms with Gasteiger partial charge in [-0.3, -0.25) is 0 Å². The molecule has 0 unspecified atom stereocenters. The molecule has 3 heteroatoms. The summed E-state index contributed by atoms with van der Waals surface area (Å²) in [4.78, 5) is 0. The molecule has 0 aliphatic heterocycles. The van der Waals surface area contributed by atoms with Crippen molar-refractivity contribution in [3.8, 4) is 28.4 Å². The minimum absolute atomic E-state index is 0.115. The fourth-order valence-corrected chi connectivity index (χ4v) is 2.39. The van der Waals surface area contributed by atoms with Gasteiger partial charge in [-0.15, -0.1) is 0 Å². The summed E-state index contributed by atoms with van der Waals surface area (Å²) in [5.41, 5.74) is 2.25. The zero-order chi connectivity index (χ0) is 14.9. The zero-order valence-electron chi connectivity index (χ0n) is 12.3. The molecule has 20 heavy (non-hydrogen) atoms. The van der Waals surface area contributed by atoms with Crippen LogP contribution >= 0.6 is 0 Å². The summed E-state index contributed by atoms with van der Waals surface area (Å²) in [6, 6.07) is 11.5. The van der Waals surface area contributed by atoms with Crippen LogP contribution in [0.15, 0.2) is 36.4 Å². The molecule has 0 bridgehead atoms. The summed E-state index contributed by atoms with van der Waals surface area (Å²) in [6.07, 6.45) is 0. The normalized spacial score (nSPS) is 11.4. The monoisotopic (exact) mass is 272 g/mol. The van der Waals surface area contributed by atoms with Gasteiger partial charge >= 0.3 is 0 Å². The van der Waals surface area contributed by atoms with E-state index in [-0.39, 0.29) is 22.7 Å². The van der Waals surface area contributed by atoms with Crippen molar-refractivity contribution in [1.29, 1.82) is 0 Å². The topological polar surface area (TPSA) is 49.7 Å². The summed E-state index contributed by atoms with van der Waals surface area (Å²) in [5.74, 6) is -0.0536. The van der Waals surface area contributed by atoms with Gasteiger partial charge in [0, 0.05) is 5.56 Å². The molecule has 106 valence electrons. The molecule has 0 saturated carbocycles. The molecule has 2 rings (SSSR count). The number of hydrogen-bond acceptors (Lipinski definition) is 3. The van der Waals surface area contributed by atoms with Gasteiger partial charge in [0.05, 0.1) is 7.11 Å². The van der Waals surface area contributed by atoms with E-state index >= 15 is 0 Å². The third-order valence-electron chi connectivity index (χ3n) is 3.29. The first-order chi connectivity index (χ1) is 9.36. The lowest BCUT2D eigenvalue weighted by molar-refractivity contribution is 0.345. The second-order valence-corrected chi connectivity index (χ2v) is 5.81. The average Bonchev–Trinajstić information content (AvgIpc) is 2.41. The van der Waals surface area contributed by atoms with Gasteiger partial charge in [0.15, 0.2) is 11.5 Å². The number of phenolic OH excluding ortho intramolecular Hbond substituents is 2. The standard InChI is InChI=1S/C17H20O3/c1-17(2,3)14-12(11-8-6-5-7-9-11)10-13(20-4)15(18)16(14)19/h5-10,18-19H,1-4H3. The third kappa shape index (κ3) is 2.44. The predicted molar refractivity (Wildman–Crippen MR) is 80.5 cm³/mol. The van der Waals surface area contributed by atoms with Crippen LogP contribution in [0.3, 0.4) is 0 Å². The van der Waals surface area contributed by atoms with Crippen LogP contribution in [-0.4, -0.2) is 17.3 Å². The Bertz CT molecular complexity index is 610. The third-order valence-corrected chi connectivity index (χ3v) is 3.29. The quantitative estimate of drug-likeness (QED) is 0.810. The Balaban J connectivity index is 2.81. The second kappa shape index (κ2) is 5.08. The maximum atomic E-state index is 10.4. The van der Waals surface area contributed by atoms with Crippen molar-refractivity contribution in [2.24, 2.45) is 0 Å². The van der Waals surface area contributed by atoms with Crippen LogP contribution in [0.1, 0.15) is 26.3 Å². The summed E-state index contributed by atoms with van der Waals surface area (Å²) in [7, 11) is 1.47. The highest BCUT2D eigenvalue weighted by molar-refractivity contribution is 5.76. The molecular formula is C17H20O3. The van der Waals surface area contributed by atoms with Crippen LogP contribution < -0.4 is 4.74 Å². The molecule has 0 aliphatic carbocycles. The van der Waals surface area contributed by atoms with Crippen LogP contribution in [-0.2, 0) is 5.41 Å². The van der Waals surface area contributed by atoms with E-state index in [9.17, 15) is 10.2 Å². The van der Waals surface area contributed by atoms with Gasteiger partial charge in [-0.25, -0.2) is 0 Å². The molecule has 0 heterocycles. The Hall–Kier alpha value is -2.16. The smallest absolute Gasteiger partial charge is 0.200 e. The molecule has 0 amide bonds. The second-order valence-electron chi connectivity index (χ2n) is 5.81. The van der Waals surface area contributed by atoms with E-state index in [0.717, 1.165) is 11.1 Å². The molecule has 2 aromatic rings. The molecule has 0 saturated heterocycles. The molecular weight excluding hydrogens is 252 g/mol. The van der Waals surface area contributed by atoms with Gasteiger partial charge in [-0.1, -0.05) is 51.1 Å². The zero-order valence-corrected chi connectivity index (χ0v) is 12.3. The lowest BCUT2D eigenvalue weighted by Crippen LogP contribution is -2.13. The lowest BCUT2D eigenvalue weighted by atomic mass is 9.80. The number of ether oxygens (including phenoxy) is 1. The largest absolute Gasteiger partial charge is 0.504 e. The first kappa shape index (κ1) is 14.3. The van der Waals surface area contributed by atoms with Gasteiger partial charge in [0.2, 0.25) is 5.75 Å². The van der Waals surface area contributed by atoms with E-state index in [1.165, 1.54) is 7.11 Å². The number of methoxy groups -OCH3 is 1. The van der Waals surface area contributed by atoms with Crippen molar-refractivity contribution in [2.75, 3.05) is 7.11 Å². The molecule has 0 aliphatic rings. The van der Waals surface area contributed by atoms with Crippen LogP contribution in [0.25, 0.3) is 11.1 Å². The highest BCUT2D eigenvalue weighted by Crippen LogP contribution is 2.48. The molecule has 2 aromatic carbocycles. The van der Waals surface area contributed by atoms with E-state index in [1.807, 2.05) is 51.1 Å². The van der Waals surface area contributed by atoms with E-state index in [1.54, 1.807) is 6.07 Å². The van der Waals surface area contributed by atoms with Crippen LogP contribution in [0.5, 0.6) is 17.2 Å². The van der Waals surface area contributed by atoms with E-state index in [2.05, 4.69) is 0 Å². The number of hydrogen-bond donors (Lipinski definition) is 2. The first-order valence-corrected chi connectivity index (χ1v) is 6.55. The Labute approximate surface area is 119 Å². The van der Waals surface area contributed by atoms with Gasteiger partial charge in [-0.05, 0) is 22.6 Å². The summed E-state index contributed by atoms with van der Waals surface area (Å²) in [6.45, 7) is 6.00. The van der Waals surface area contributed by atoms with Crippen molar-refractivity contribution in [3.05, 3.63) is 42.0 Å². The Morgan fingerprint density at radius 3 is 2.05 bits per heavy atom. The maximum Gasteiger partial charge on any atom is 0.200 e. The van der Waals surface area contributed by atoms with Crippen molar-refractivity contribution in [3.63, 3.8) is 0 Å². The molecule has 0 aromatic heterocycles. The van der Waals surface area contributed by atoms with Crippen LogP contribution in [0.4, 0.5) is 0 Å². The maximum absolute atomic E-state index is 10.4. The Morgan fingerprint density at radius 1 is 0.950 bits per heavy atom. The Morgan fingerprint density at radius 2 is 1.55 bits per heavy atom. The molecule has 0 spiro atoms. The van der Waals surface area contributed by atoms with Crippen molar-refractivity contribution in [1.82, 2.24) is 0 Å². The van der Waals surface area contributed by atoms with Gasteiger partial charge in [0.1, 0.15) is 0 Å². The average molecular weight is 272 g/mol. The summed E-state index contributed by atoms with van der Waals surface area (Å²) < 4.78 is 5.15. The van der Waals surface area contributed by atoms with Gasteiger partial charge in [0.25, 0.3) is 0 Å². The highest BCUT2D eigenvalue weighted by atomic mass is 16.5. The van der Waals surface area contributed by atoms with E-state index in [4.69, 9.17) is 4.74 Å². The van der Waals surface area contributed by atoms with Crippen molar-refractivity contribution >= 4 is 0 Å². The highest BCUT2D eigenvalue weighted by Gasteiger charge is 2.27. The summed E-state index contributed by atoms with van der Waals surface area (Å²) in [5, 5.41) is 20.4.